The summed E-state index contributed by atoms with van der Waals surface area (Å²) in [6, 6.07) is 55.6. The van der Waals surface area contributed by atoms with Gasteiger partial charge in [-0.1, -0.05) is 0 Å². The van der Waals surface area contributed by atoms with Crippen molar-refractivity contribution in [1.29, 1.82) is 0 Å². The van der Waals surface area contributed by atoms with Gasteiger partial charge < -0.3 is 0 Å². The molecule has 1 heterocycles. The van der Waals surface area contributed by atoms with E-state index in [1.807, 2.05) is 72.3 Å². The number of fused-ring (bicyclic) bond motifs is 1. The third-order valence-corrected chi connectivity index (χ3v) is 13.9. The molecule has 0 atom stereocenters. The van der Waals surface area contributed by atoms with Crippen LogP contribution in [-0.2, 0) is 10.8 Å². The third kappa shape index (κ3) is 4.63. The summed E-state index contributed by atoms with van der Waals surface area (Å²) in [7, 11) is -4.94. The number of rotatable bonds is 7. The Hall–Kier alpha value is -4.72. The van der Waals surface area contributed by atoms with Crippen LogP contribution in [0, 0.1) is 0 Å². The van der Waals surface area contributed by atoms with Crippen molar-refractivity contribution in [3.8, 4) is 5.75 Å². The van der Waals surface area contributed by atoms with Crippen LogP contribution in [0.25, 0.3) is 0 Å². The molecule has 1 aliphatic heterocycles. The first-order valence-corrected chi connectivity index (χ1v) is 18.4. The first-order valence-electron chi connectivity index (χ1n) is 16.4. The summed E-state index contributed by atoms with van der Waals surface area (Å²) in [5, 5.41) is 1.12. The standard InChI is InChI=1S/C43H41FNOP/c1-5-45-40-32-36(43(33-21-11-6-12-22-33,34-23-13-7-14-24-34)35-25-15-8-16-26-35)31-39(42(2,3)4)41(40)46-47(45,44,37-27-17-9-18-28-37)38-29-19-10-20-30-38/h6-32H,5H2,1-4H3. The van der Waals surface area contributed by atoms with Crippen LogP contribution < -0.4 is 19.8 Å². The molecule has 0 saturated carbocycles. The van der Waals surface area contributed by atoms with Gasteiger partial charge in [0, 0.05) is 0 Å². The summed E-state index contributed by atoms with van der Waals surface area (Å²) >= 11 is 0. The quantitative estimate of drug-likeness (QED) is 0.128. The van der Waals surface area contributed by atoms with Crippen LogP contribution in [-0.4, -0.2) is 6.54 Å². The van der Waals surface area contributed by atoms with Gasteiger partial charge >= 0.3 is 279 Å². The average molecular weight is 638 g/mol. The molecule has 47 heavy (non-hydrogen) atoms. The van der Waals surface area contributed by atoms with Crippen molar-refractivity contribution in [2.24, 2.45) is 0 Å². The molecule has 7 rings (SSSR count). The maximum atomic E-state index is 19.4. The van der Waals surface area contributed by atoms with Crippen LogP contribution in [0.15, 0.2) is 164 Å². The molecule has 0 spiro atoms. The van der Waals surface area contributed by atoms with E-state index in [9.17, 15) is 0 Å². The molecule has 0 radical (unpaired) electrons. The first-order chi connectivity index (χ1) is 22.7. The van der Waals surface area contributed by atoms with E-state index >= 15 is 4.20 Å². The summed E-state index contributed by atoms with van der Waals surface area (Å²) < 4.78 is 28.5. The van der Waals surface area contributed by atoms with Crippen LogP contribution in [0.1, 0.15) is 55.5 Å². The zero-order valence-electron chi connectivity index (χ0n) is 27.5. The summed E-state index contributed by atoms with van der Waals surface area (Å²) in [6.07, 6.45) is 0. The Morgan fingerprint density at radius 3 is 1.30 bits per heavy atom. The molecular formula is C43H41FNOP. The monoisotopic (exact) mass is 637 g/mol. The molecule has 6 aromatic carbocycles. The van der Waals surface area contributed by atoms with E-state index in [2.05, 4.69) is 124 Å². The van der Waals surface area contributed by atoms with E-state index in [0.717, 1.165) is 33.5 Å². The predicted molar refractivity (Wildman–Crippen MR) is 197 cm³/mol. The molecule has 0 aromatic heterocycles. The Morgan fingerprint density at radius 2 is 0.936 bits per heavy atom. The molecule has 0 bridgehead atoms. The van der Waals surface area contributed by atoms with Gasteiger partial charge in [0.25, 0.3) is 0 Å². The van der Waals surface area contributed by atoms with E-state index < -0.39 is 12.7 Å². The maximum absolute atomic E-state index is 19.4. The van der Waals surface area contributed by atoms with Gasteiger partial charge in [-0.3, -0.25) is 0 Å². The molecule has 2 nitrogen and oxygen atoms in total. The van der Waals surface area contributed by atoms with Crippen LogP contribution in [0.5, 0.6) is 5.75 Å². The summed E-state index contributed by atoms with van der Waals surface area (Å²) in [4.78, 5) is 0. The number of anilines is 1. The zero-order chi connectivity index (χ0) is 32.7. The van der Waals surface area contributed by atoms with Gasteiger partial charge in [-0.25, -0.2) is 0 Å². The van der Waals surface area contributed by atoms with Gasteiger partial charge in [0.2, 0.25) is 0 Å². The molecule has 236 valence electrons. The van der Waals surface area contributed by atoms with Crippen LogP contribution in [0.4, 0.5) is 9.88 Å². The number of benzene rings is 6. The Balaban J connectivity index is 1.63. The van der Waals surface area contributed by atoms with Crippen molar-refractivity contribution in [3.63, 3.8) is 0 Å². The van der Waals surface area contributed by atoms with Crippen LogP contribution >= 0.6 is 7.29 Å². The first kappa shape index (κ1) is 30.9. The SMILES string of the molecule is CCN1c2cc(C(c3ccccc3)(c3ccccc3)c3ccccc3)cc(C(C)(C)C)c2OP1(F)(c1ccccc1)c1ccccc1. The van der Waals surface area contributed by atoms with E-state index in [1.54, 1.807) is 0 Å². The van der Waals surface area contributed by atoms with Crippen molar-refractivity contribution in [3.05, 3.63) is 192 Å². The van der Waals surface area contributed by atoms with E-state index in [-0.39, 0.29) is 5.41 Å². The fraction of sp³-hybridized carbons (Fsp3) is 0.163. The third-order valence-electron chi connectivity index (χ3n) is 9.61. The Kier molecular flexibility index (Phi) is 7.57. The minimum absolute atomic E-state index is 0.359. The van der Waals surface area contributed by atoms with Crippen LogP contribution in [0.2, 0.25) is 0 Å². The number of hydrogen-bond donors (Lipinski definition) is 0. The number of nitrogens with zero attached hydrogens (tertiary/aromatic N) is 1. The molecule has 6 aromatic rings. The zero-order valence-corrected chi connectivity index (χ0v) is 28.4. The van der Waals surface area contributed by atoms with Crippen molar-refractivity contribution in [1.82, 2.24) is 0 Å². The second-order valence-corrected chi connectivity index (χ2v) is 16.8. The minimum atomic E-state index is -4.94. The fourth-order valence-electron chi connectivity index (χ4n) is 7.48. The fourth-order valence-corrected chi connectivity index (χ4v) is 11.6. The molecule has 0 amide bonds. The Bertz CT molecular complexity index is 1860. The summed E-state index contributed by atoms with van der Waals surface area (Å²) in [5.41, 5.74) is 5.21. The molecule has 0 N–H and O–H groups in total. The van der Waals surface area contributed by atoms with E-state index in [0.29, 0.717) is 22.9 Å². The molecular weight excluding hydrogens is 596 g/mol. The normalized spacial score (nSPS) is 16.0. The molecule has 0 unspecified atom stereocenters. The second-order valence-electron chi connectivity index (χ2n) is 13.3. The van der Waals surface area contributed by atoms with E-state index in [1.165, 1.54) is 0 Å². The van der Waals surface area contributed by atoms with E-state index in [4.69, 9.17) is 4.52 Å². The van der Waals surface area contributed by atoms with Crippen LogP contribution in [0.3, 0.4) is 0 Å². The summed E-state index contributed by atoms with van der Waals surface area (Å²) in [5.74, 6) is 0.624. The molecule has 0 saturated heterocycles. The van der Waals surface area contributed by atoms with Crippen molar-refractivity contribution in [2.45, 2.75) is 38.5 Å². The van der Waals surface area contributed by atoms with Crippen molar-refractivity contribution in [2.75, 3.05) is 11.2 Å². The van der Waals surface area contributed by atoms with Gasteiger partial charge in [0.05, 0.1) is 0 Å². The Labute approximate surface area is 278 Å². The van der Waals surface area contributed by atoms with Crippen molar-refractivity contribution >= 4 is 23.6 Å². The summed E-state index contributed by atoms with van der Waals surface area (Å²) in [6.45, 7) is 9.04. The van der Waals surface area contributed by atoms with Gasteiger partial charge in [-0.2, -0.15) is 0 Å². The van der Waals surface area contributed by atoms with Crippen molar-refractivity contribution < 1.29 is 8.72 Å². The number of hydrogen-bond acceptors (Lipinski definition) is 2. The average Bonchev–Trinajstić information content (AvgIpc) is 3.40. The molecule has 0 aliphatic carbocycles. The molecule has 4 heteroatoms. The van der Waals surface area contributed by atoms with Gasteiger partial charge in [-0.05, 0) is 0 Å². The molecule has 1 aliphatic rings. The number of halogens is 1. The van der Waals surface area contributed by atoms with Gasteiger partial charge in [-0.15, -0.1) is 0 Å². The van der Waals surface area contributed by atoms with Gasteiger partial charge in [0.1, 0.15) is 0 Å². The predicted octanol–water partition coefficient (Wildman–Crippen LogP) is 10.5. The topological polar surface area (TPSA) is 12.5 Å². The second kappa shape index (κ2) is 11.5. The van der Waals surface area contributed by atoms with Gasteiger partial charge in [0.15, 0.2) is 0 Å². The molecule has 0 fully saturated rings. The Morgan fingerprint density at radius 1 is 0.553 bits per heavy atom.